The average Bonchev–Trinajstić information content (AvgIpc) is 1.95. The summed E-state index contributed by atoms with van der Waals surface area (Å²) in [5.41, 5.74) is 0. The van der Waals surface area contributed by atoms with Crippen molar-refractivity contribution in [2.45, 2.75) is 18.9 Å². The molecule has 0 aromatic carbocycles. The van der Waals surface area contributed by atoms with Crippen LogP contribution < -0.4 is 0 Å². The molecule has 1 heterocycles. The van der Waals surface area contributed by atoms with Crippen molar-refractivity contribution in [2.75, 3.05) is 0 Å². The van der Waals surface area contributed by atoms with Crippen LogP contribution in [0.3, 0.4) is 0 Å². The number of hydrogen-bond acceptors (Lipinski definition) is 4. The van der Waals surface area contributed by atoms with Crippen molar-refractivity contribution in [3.05, 3.63) is 12.0 Å². The van der Waals surface area contributed by atoms with Crippen LogP contribution in [0.15, 0.2) is 12.0 Å². The molecule has 0 aromatic heterocycles. The fourth-order valence-electron chi connectivity index (χ4n) is 0.628. The fourth-order valence-corrected chi connectivity index (χ4v) is 0.628. The van der Waals surface area contributed by atoms with Gasteiger partial charge >= 0.3 is 30.9 Å². The molecule has 12 heteroatoms. The van der Waals surface area contributed by atoms with Gasteiger partial charge in [-0.3, -0.25) is 0 Å². The lowest BCUT2D eigenvalue weighted by Gasteiger charge is -2.22. The zero-order chi connectivity index (χ0) is 13.5. The number of rotatable bonds is 0. The van der Waals surface area contributed by atoms with Crippen molar-refractivity contribution in [1.82, 2.24) is 0 Å². The van der Waals surface area contributed by atoms with Gasteiger partial charge in [-0.15, -0.1) is 26.3 Å². The van der Waals surface area contributed by atoms with Gasteiger partial charge in [-0.25, -0.2) is 0 Å². The standard InChI is InChI=1S/C5F8O4/c6-1-2(7)15-4(10,11)17-5(12,13)16-3(8,9)14-1/b2-1-. The highest BCUT2D eigenvalue weighted by Gasteiger charge is 2.58. The molecular formula is C5F8O4. The van der Waals surface area contributed by atoms with Crippen molar-refractivity contribution in [2.24, 2.45) is 0 Å². The van der Waals surface area contributed by atoms with E-state index in [1.807, 2.05) is 0 Å². The summed E-state index contributed by atoms with van der Waals surface area (Å²) in [6, 6.07) is -6.06. The number of ether oxygens (including phenoxy) is 4. The first kappa shape index (κ1) is 13.8. The summed E-state index contributed by atoms with van der Waals surface area (Å²) in [5, 5.41) is 0. The van der Waals surface area contributed by atoms with Crippen LogP contribution in [0.1, 0.15) is 0 Å². The van der Waals surface area contributed by atoms with Gasteiger partial charge in [0.2, 0.25) is 0 Å². The van der Waals surface area contributed by atoms with Gasteiger partial charge in [0, 0.05) is 0 Å². The molecule has 0 atom stereocenters. The lowest BCUT2D eigenvalue weighted by atomic mass is 10.9. The highest BCUT2D eigenvalue weighted by Crippen LogP contribution is 2.39. The summed E-state index contributed by atoms with van der Waals surface area (Å²) in [6.07, 6.45) is -16.6. The molecule has 17 heavy (non-hydrogen) atoms. The Morgan fingerprint density at radius 2 is 0.882 bits per heavy atom. The molecule has 100 valence electrons. The first-order chi connectivity index (χ1) is 7.43. The SMILES string of the molecule is F/C1=C(\F)OC(F)(F)OC(F)(F)OC(F)(F)O1. The highest BCUT2D eigenvalue weighted by atomic mass is 19.3. The molecule has 0 saturated heterocycles. The van der Waals surface area contributed by atoms with Crippen LogP contribution in [0, 0.1) is 0 Å². The zero-order valence-corrected chi connectivity index (χ0v) is 7.16. The highest BCUT2D eigenvalue weighted by molar-refractivity contribution is 4.84. The molecule has 1 aliphatic rings. The summed E-state index contributed by atoms with van der Waals surface area (Å²) >= 11 is 0. The third kappa shape index (κ3) is 3.89. The van der Waals surface area contributed by atoms with Gasteiger partial charge in [0.15, 0.2) is 0 Å². The average molecular weight is 276 g/mol. The predicted molar refractivity (Wildman–Crippen MR) is 28.4 cm³/mol. The quantitative estimate of drug-likeness (QED) is 0.637. The Balaban J connectivity index is 3.09. The summed E-state index contributed by atoms with van der Waals surface area (Å²) < 4.78 is 108. The Morgan fingerprint density at radius 1 is 0.588 bits per heavy atom. The second-order valence-corrected chi connectivity index (χ2v) is 2.35. The van der Waals surface area contributed by atoms with Crippen molar-refractivity contribution in [1.29, 1.82) is 0 Å². The predicted octanol–water partition coefficient (Wildman–Crippen LogP) is 2.78. The monoisotopic (exact) mass is 276 g/mol. The molecule has 0 aliphatic carbocycles. The molecule has 0 saturated carbocycles. The van der Waals surface area contributed by atoms with E-state index >= 15 is 0 Å². The molecule has 0 bridgehead atoms. The van der Waals surface area contributed by atoms with E-state index in [2.05, 4.69) is 18.9 Å². The van der Waals surface area contributed by atoms with E-state index in [9.17, 15) is 35.1 Å². The van der Waals surface area contributed by atoms with Gasteiger partial charge in [0.05, 0.1) is 0 Å². The molecule has 0 spiro atoms. The first-order valence-corrected chi connectivity index (χ1v) is 3.39. The van der Waals surface area contributed by atoms with E-state index < -0.39 is 30.9 Å². The molecular weight excluding hydrogens is 276 g/mol. The van der Waals surface area contributed by atoms with Gasteiger partial charge in [0.25, 0.3) is 0 Å². The summed E-state index contributed by atoms with van der Waals surface area (Å²) in [5.74, 6) is 0. The van der Waals surface area contributed by atoms with Gasteiger partial charge in [-0.05, 0) is 0 Å². The minimum Gasteiger partial charge on any atom is -0.377 e. The molecule has 4 nitrogen and oxygen atoms in total. The normalized spacial score (nSPS) is 31.5. The van der Waals surface area contributed by atoms with Gasteiger partial charge < -0.3 is 9.47 Å². The minimum absolute atomic E-state index is 2.29. The minimum atomic E-state index is -5.63. The molecule has 1 aliphatic heterocycles. The summed E-state index contributed by atoms with van der Waals surface area (Å²) in [4.78, 5) is 0. The van der Waals surface area contributed by atoms with Crippen molar-refractivity contribution in [3.63, 3.8) is 0 Å². The lowest BCUT2D eigenvalue weighted by Crippen LogP contribution is -2.41. The number of halogens is 8. The molecule has 0 fully saturated rings. The third-order valence-electron chi connectivity index (χ3n) is 1.05. The molecule has 0 N–H and O–H groups in total. The number of alkyl halides is 6. The Morgan fingerprint density at radius 3 is 1.18 bits per heavy atom. The van der Waals surface area contributed by atoms with E-state index in [-0.39, 0.29) is 0 Å². The first-order valence-electron chi connectivity index (χ1n) is 3.39. The van der Waals surface area contributed by atoms with E-state index in [4.69, 9.17) is 0 Å². The maximum Gasteiger partial charge on any atom is 0.543 e. The fraction of sp³-hybridized carbons (Fsp3) is 0.600. The molecule has 0 unspecified atom stereocenters. The van der Waals surface area contributed by atoms with Crippen LogP contribution in [-0.2, 0) is 18.9 Å². The summed E-state index contributed by atoms with van der Waals surface area (Å²) in [6.45, 7) is 0. The maximum absolute atomic E-state index is 12.3. The maximum atomic E-state index is 12.3. The Labute approximate surface area is 86.3 Å². The van der Waals surface area contributed by atoms with Gasteiger partial charge in [-0.2, -0.15) is 18.3 Å². The van der Waals surface area contributed by atoms with Crippen LogP contribution in [-0.4, -0.2) is 18.9 Å². The Bertz CT molecular complexity index is 309. The smallest absolute Gasteiger partial charge is 0.377 e. The zero-order valence-electron chi connectivity index (χ0n) is 7.16. The van der Waals surface area contributed by atoms with Crippen molar-refractivity contribution >= 4 is 0 Å². The number of hydrogen-bond donors (Lipinski definition) is 0. The molecule has 0 amide bonds. The second-order valence-electron chi connectivity index (χ2n) is 2.35. The van der Waals surface area contributed by atoms with Gasteiger partial charge in [0.1, 0.15) is 0 Å². The largest absolute Gasteiger partial charge is 0.543 e. The van der Waals surface area contributed by atoms with E-state index in [1.165, 1.54) is 0 Å². The van der Waals surface area contributed by atoms with E-state index in [1.54, 1.807) is 0 Å². The van der Waals surface area contributed by atoms with Crippen LogP contribution >= 0.6 is 0 Å². The lowest BCUT2D eigenvalue weighted by molar-refractivity contribution is -0.569. The summed E-state index contributed by atoms with van der Waals surface area (Å²) in [7, 11) is 0. The second kappa shape index (κ2) is 3.87. The Hall–Kier alpha value is -1.30. The van der Waals surface area contributed by atoms with Crippen LogP contribution in [0.25, 0.3) is 0 Å². The molecule has 1 rings (SSSR count). The Kier molecular flexibility index (Phi) is 3.13. The van der Waals surface area contributed by atoms with Crippen LogP contribution in [0.4, 0.5) is 35.1 Å². The molecule has 0 radical (unpaired) electrons. The van der Waals surface area contributed by atoms with E-state index in [0.29, 0.717) is 0 Å². The van der Waals surface area contributed by atoms with Crippen molar-refractivity contribution in [3.8, 4) is 0 Å². The van der Waals surface area contributed by atoms with Crippen LogP contribution in [0.5, 0.6) is 0 Å². The molecule has 0 aromatic rings. The van der Waals surface area contributed by atoms with Crippen molar-refractivity contribution < 1.29 is 54.1 Å². The van der Waals surface area contributed by atoms with Crippen LogP contribution in [0.2, 0.25) is 0 Å². The third-order valence-corrected chi connectivity index (χ3v) is 1.05. The topological polar surface area (TPSA) is 36.9 Å². The van der Waals surface area contributed by atoms with Gasteiger partial charge in [-0.1, -0.05) is 0 Å². The van der Waals surface area contributed by atoms with E-state index in [0.717, 1.165) is 0 Å².